The average molecular weight is 383 g/mol. The fraction of sp³-hybridized carbons (Fsp3) is 0.294. The highest BCUT2D eigenvalue weighted by Crippen LogP contribution is 2.15. The summed E-state index contributed by atoms with van der Waals surface area (Å²) in [5, 5.41) is 0. The van der Waals surface area contributed by atoms with Crippen LogP contribution in [0, 0.1) is 6.92 Å². The van der Waals surface area contributed by atoms with E-state index in [-0.39, 0.29) is 10.6 Å². The van der Waals surface area contributed by atoms with E-state index in [1.54, 1.807) is 24.3 Å². The number of sulfonamides is 2. The second-order valence-corrected chi connectivity index (χ2v) is 9.96. The highest BCUT2D eigenvalue weighted by atomic mass is 32.2. The van der Waals surface area contributed by atoms with Gasteiger partial charge in [-0.25, -0.2) is 21.1 Å². The van der Waals surface area contributed by atoms with Crippen LogP contribution in [0.25, 0.3) is 0 Å². The highest BCUT2D eigenvalue weighted by molar-refractivity contribution is 7.92. The minimum Gasteiger partial charge on any atom is -0.284 e. The first-order chi connectivity index (χ1) is 11.6. The zero-order chi connectivity index (χ0) is 18.7. The molecule has 0 fully saturated rings. The van der Waals surface area contributed by atoms with Gasteiger partial charge in [0.05, 0.1) is 10.6 Å². The zero-order valence-electron chi connectivity index (χ0n) is 14.4. The van der Waals surface area contributed by atoms with Gasteiger partial charge in [0.1, 0.15) is 0 Å². The van der Waals surface area contributed by atoms with E-state index in [1.807, 2.05) is 19.1 Å². The van der Waals surface area contributed by atoms with Crippen molar-refractivity contribution >= 4 is 25.7 Å². The van der Waals surface area contributed by atoms with Gasteiger partial charge in [-0.05, 0) is 43.2 Å². The fourth-order valence-electron chi connectivity index (χ4n) is 2.14. The Labute approximate surface area is 149 Å². The molecular formula is C17H22N2O4S2. The van der Waals surface area contributed by atoms with Gasteiger partial charge in [0, 0.05) is 19.8 Å². The number of rotatable bonds is 7. The van der Waals surface area contributed by atoms with E-state index in [2.05, 4.69) is 4.72 Å². The molecule has 0 radical (unpaired) electrons. The smallest absolute Gasteiger partial charge is 0.242 e. The predicted molar refractivity (Wildman–Crippen MR) is 99.6 cm³/mol. The summed E-state index contributed by atoms with van der Waals surface area (Å²) in [5.41, 5.74) is 2.33. The quantitative estimate of drug-likeness (QED) is 0.796. The third-order valence-electron chi connectivity index (χ3n) is 3.69. The van der Waals surface area contributed by atoms with Crippen LogP contribution in [0.5, 0.6) is 0 Å². The molecule has 6 nitrogen and oxygen atoms in total. The van der Waals surface area contributed by atoms with Crippen LogP contribution < -0.4 is 4.72 Å². The molecule has 8 heteroatoms. The molecular weight excluding hydrogens is 360 g/mol. The number of hydrogen-bond donors (Lipinski definition) is 1. The van der Waals surface area contributed by atoms with Gasteiger partial charge >= 0.3 is 0 Å². The molecule has 136 valence electrons. The fourth-order valence-corrected chi connectivity index (χ4v) is 4.15. The normalized spacial score (nSPS) is 12.3. The van der Waals surface area contributed by atoms with E-state index < -0.39 is 20.0 Å². The first kappa shape index (κ1) is 19.4. The Hall–Kier alpha value is -1.90. The van der Waals surface area contributed by atoms with E-state index in [1.165, 1.54) is 26.2 Å². The van der Waals surface area contributed by atoms with Gasteiger partial charge < -0.3 is 0 Å². The van der Waals surface area contributed by atoms with Gasteiger partial charge in [0.2, 0.25) is 20.0 Å². The molecule has 0 heterocycles. The molecule has 0 aliphatic carbocycles. The van der Waals surface area contributed by atoms with Gasteiger partial charge in [0.25, 0.3) is 0 Å². The molecule has 0 bridgehead atoms. The molecule has 25 heavy (non-hydrogen) atoms. The largest absolute Gasteiger partial charge is 0.284 e. The molecule has 1 N–H and O–H groups in total. The molecule has 0 saturated carbocycles. The van der Waals surface area contributed by atoms with Crippen molar-refractivity contribution in [2.75, 3.05) is 24.6 Å². The van der Waals surface area contributed by atoms with Gasteiger partial charge in [-0.2, -0.15) is 0 Å². The molecule has 2 aromatic carbocycles. The number of benzene rings is 2. The molecule has 2 aromatic rings. The van der Waals surface area contributed by atoms with E-state index in [9.17, 15) is 16.8 Å². The van der Waals surface area contributed by atoms with E-state index in [0.29, 0.717) is 12.1 Å². The third-order valence-corrected chi connectivity index (χ3v) is 6.80. The molecule has 0 unspecified atom stereocenters. The van der Waals surface area contributed by atoms with Crippen molar-refractivity contribution in [2.24, 2.45) is 0 Å². The van der Waals surface area contributed by atoms with Crippen molar-refractivity contribution in [3.8, 4) is 0 Å². The van der Waals surface area contributed by atoms with Crippen molar-refractivity contribution in [3.05, 3.63) is 59.7 Å². The van der Waals surface area contributed by atoms with Crippen LogP contribution in [-0.2, 0) is 26.5 Å². The van der Waals surface area contributed by atoms with Gasteiger partial charge in [0.15, 0.2) is 0 Å². The Balaban J connectivity index is 2.02. The minimum atomic E-state index is -3.48. The lowest BCUT2D eigenvalue weighted by atomic mass is 10.2. The standard InChI is InChI=1S/C17H22N2O4S2/c1-14-4-8-16(9-5-14)18-24(20,21)13-12-15-6-10-17(11-7-15)25(22,23)19(2)3/h4-11,18H,12-13H2,1-3H3. The third kappa shape index (κ3) is 5.29. The summed E-state index contributed by atoms with van der Waals surface area (Å²) in [4.78, 5) is 0.182. The summed E-state index contributed by atoms with van der Waals surface area (Å²) < 4.78 is 52.0. The molecule has 0 atom stereocenters. The zero-order valence-corrected chi connectivity index (χ0v) is 16.1. The molecule has 0 saturated heterocycles. The first-order valence-corrected chi connectivity index (χ1v) is 10.8. The summed E-state index contributed by atoms with van der Waals surface area (Å²) in [6.07, 6.45) is 0.295. The summed E-state index contributed by atoms with van der Waals surface area (Å²) in [6, 6.07) is 13.4. The molecule has 0 aromatic heterocycles. The number of hydrogen-bond acceptors (Lipinski definition) is 4. The van der Waals surface area contributed by atoms with Crippen molar-refractivity contribution in [1.29, 1.82) is 0 Å². The van der Waals surface area contributed by atoms with Gasteiger partial charge in [-0.1, -0.05) is 29.8 Å². The monoisotopic (exact) mass is 382 g/mol. The van der Waals surface area contributed by atoms with Crippen LogP contribution in [0.2, 0.25) is 0 Å². The summed E-state index contributed by atoms with van der Waals surface area (Å²) in [6.45, 7) is 1.93. The number of aryl methyl sites for hydroxylation is 2. The lowest BCUT2D eigenvalue weighted by molar-refractivity contribution is 0.520. The Kier molecular flexibility index (Phi) is 5.87. The summed E-state index contributed by atoms with van der Waals surface area (Å²) >= 11 is 0. The topological polar surface area (TPSA) is 83.5 Å². The van der Waals surface area contributed by atoms with Crippen molar-refractivity contribution in [2.45, 2.75) is 18.2 Å². The molecule has 0 aliphatic rings. The van der Waals surface area contributed by atoms with Crippen LogP contribution >= 0.6 is 0 Å². The van der Waals surface area contributed by atoms with Crippen LogP contribution in [0.3, 0.4) is 0 Å². The van der Waals surface area contributed by atoms with Crippen molar-refractivity contribution < 1.29 is 16.8 Å². The molecule has 2 rings (SSSR count). The molecule has 0 aliphatic heterocycles. The maximum Gasteiger partial charge on any atom is 0.242 e. The number of nitrogens with one attached hydrogen (secondary N) is 1. The Morgan fingerprint density at radius 3 is 1.96 bits per heavy atom. The van der Waals surface area contributed by atoms with Crippen LogP contribution in [0.15, 0.2) is 53.4 Å². The Bertz CT molecular complexity index is 918. The van der Waals surface area contributed by atoms with Crippen molar-refractivity contribution in [3.63, 3.8) is 0 Å². The second-order valence-electron chi connectivity index (χ2n) is 5.97. The van der Waals surface area contributed by atoms with E-state index in [4.69, 9.17) is 0 Å². The summed E-state index contributed by atoms with van der Waals surface area (Å²) in [7, 11) is -4.02. The van der Waals surface area contributed by atoms with Crippen molar-refractivity contribution in [1.82, 2.24) is 4.31 Å². The SMILES string of the molecule is Cc1ccc(NS(=O)(=O)CCc2ccc(S(=O)(=O)N(C)C)cc2)cc1. The number of nitrogens with zero attached hydrogens (tertiary/aromatic N) is 1. The van der Waals surface area contributed by atoms with Gasteiger partial charge in [-0.3, -0.25) is 4.72 Å². The maximum atomic E-state index is 12.2. The van der Waals surface area contributed by atoms with Crippen LogP contribution in [-0.4, -0.2) is 41.0 Å². The lowest BCUT2D eigenvalue weighted by Gasteiger charge is -2.12. The van der Waals surface area contributed by atoms with Crippen LogP contribution in [0.1, 0.15) is 11.1 Å². The first-order valence-electron chi connectivity index (χ1n) is 7.69. The van der Waals surface area contributed by atoms with Crippen LogP contribution in [0.4, 0.5) is 5.69 Å². The van der Waals surface area contributed by atoms with E-state index >= 15 is 0 Å². The van der Waals surface area contributed by atoms with E-state index in [0.717, 1.165) is 15.4 Å². The maximum absolute atomic E-state index is 12.2. The minimum absolute atomic E-state index is 0.0827. The average Bonchev–Trinajstić information content (AvgIpc) is 2.55. The van der Waals surface area contributed by atoms with Gasteiger partial charge in [-0.15, -0.1) is 0 Å². The Morgan fingerprint density at radius 2 is 1.44 bits per heavy atom. The second kappa shape index (κ2) is 7.55. The molecule has 0 spiro atoms. The lowest BCUT2D eigenvalue weighted by Crippen LogP contribution is -2.22. The highest BCUT2D eigenvalue weighted by Gasteiger charge is 2.17. The molecule has 0 amide bonds. The summed E-state index contributed by atoms with van der Waals surface area (Å²) in [5.74, 6) is -0.0827. The Morgan fingerprint density at radius 1 is 0.880 bits per heavy atom. The number of anilines is 1. The predicted octanol–water partition coefficient (Wildman–Crippen LogP) is 2.23.